The number of ether oxygens (including phenoxy) is 1. The molecule has 0 bridgehead atoms. The Balaban J connectivity index is 2.20. The first-order valence-electron chi connectivity index (χ1n) is 7.62. The minimum atomic E-state index is 0.341. The molecule has 0 aliphatic rings. The zero-order chi connectivity index (χ0) is 15.2. The van der Waals surface area contributed by atoms with E-state index in [4.69, 9.17) is 4.74 Å². The van der Waals surface area contributed by atoms with Gasteiger partial charge in [0.1, 0.15) is 0 Å². The Morgan fingerprint density at radius 1 is 1.00 bits per heavy atom. The molecule has 4 nitrogen and oxygen atoms in total. The summed E-state index contributed by atoms with van der Waals surface area (Å²) in [7, 11) is 0. The average molecular weight is 281 g/mol. The van der Waals surface area contributed by atoms with E-state index in [1.165, 1.54) is 0 Å². The van der Waals surface area contributed by atoms with Crippen LogP contribution in [0.5, 0.6) is 0 Å². The molecule has 0 unspecified atom stereocenters. The summed E-state index contributed by atoms with van der Waals surface area (Å²) in [5.41, 5.74) is 1.77. The highest BCUT2D eigenvalue weighted by Gasteiger charge is 2.12. The summed E-state index contributed by atoms with van der Waals surface area (Å²) in [5, 5.41) is 8.36. The number of nitrogens with zero attached hydrogens (tertiary/aromatic N) is 3. The number of hydrogen-bond donors (Lipinski definition) is 0. The summed E-state index contributed by atoms with van der Waals surface area (Å²) >= 11 is 0. The molecule has 116 valence electrons. The van der Waals surface area contributed by atoms with E-state index in [-0.39, 0.29) is 0 Å². The van der Waals surface area contributed by atoms with Gasteiger partial charge in [-0.2, -0.15) is 0 Å². The van der Waals surface area contributed by atoms with Crippen molar-refractivity contribution in [1.29, 1.82) is 0 Å². The summed E-state index contributed by atoms with van der Waals surface area (Å²) in [4.78, 5) is 0. The Kier molecular flexibility index (Phi) is 6.18. The topological polar surface area (TPSA) is 39.9 Å². The molecule has 1 aromatic heterocycles. The molecule has 4 heteroatoms. The maximum atomic E-state index is 5.65. The lowest BCUT2D eigenvalue weighted by Gasteiger charge is -2.17. The van der Waals surface area contributed by atoms with Crippen molar-refractivity contribution in [1.82, 2.24) is 15.0 Å². The molecule has 0 atom stereocenters. The molecular weight excluding hydrogens is 250 g/mol. The fraction of sp³-hybridized carbons (Fsp3) is 0.875. The number of rotatable bonds is 7. The summed E-state index contributed by atoms with van der Waals surface area (Å²) in [6, 6.07) is 0. The summed E-state index contributed by atoms with van der Waals surface area (Å²) < 4.78 is 7.53. The van der Waals surface area contributed by atoms with Gasteiger partial charge in [0.25, 0.3) is 0 Å². The summed E-state index contributed by atoms with van der Waals surface area (Å²) in [5.74, 6) is 0. The van der Waals surface area contributed by atoms with Gasteiger partial charge in [0.05, 0.1) is 18.8 Å². The molecule has 0 fully saturated rings. The van der Waals surface area contributed by atoms with Gasteiger partial charge in [-0.15, -0.1) is 5.10 Å². The molecule has 0 N–H and O–H groups in total. The molecule has 0 spiro atoms. The average Bonchev–Trinajstić information content (AvgIpc) is 2.71. The van der Waals surface area contributed by atoms with E-state index >= 15 is 0 Å². The standard InChI is InChI=1S/C16H31N3O/c1-15(2,3)8-7-14-13-19(18-17-14)10-12-20-11-9-16(4,5)6/h13H,7-12H2,1-6H3. The van der Waals surface area contributed by atoms with Crippen LogP contribution in [0.4, 0.5) is 0 Å². The van der Waals surface area contributed by atoms with E-state index in [9.17, 15) is 0 Å². The van der Waals surface area contributed by atoms with Crippen LogP contribution in [0.3, 0.4) is 0 Å². The van der Waals surface area contributed by atoms with Crippen molar-refractivity contribution < 1.29 is 4.74 Å². The molecule has 0 aliphatic heterocycles. The molecule has 0 aliphatic carbocycles. The van der Waals surface area contributed by atoms with E-state index in [1.54, 1.807) is 0 Å². The minimum absolute atomic E-state index is 0.341. The van der Waals surface area contributed by atoms with E-state index in [1.807, 2.05) is 10.9 Å². The van der Waals surface area contributed by atoms with E-state index in [0.717, 1.165) is 38.1 Å². The van der Waals surface area contributed by atoms with Crippen LogP contribution in [0.1, 0.15) is 60.1 Å². The van der Waals surface area contributed by atoms with Gasteiger partial charge < -0.3 is 4.74 Å². The molecule has 20 heavy (non-hydrogen) atoms. The van der Waals surface area contributed by atoms with Gasteiger partial charge in [-0.05, 0) is 30.1 Å². The second kappa shape index (κ2) is 7.21. The van der Waals surface area contributed by atoms with Crippen molar-refractivity contribution >= 4 is 0 Å². The van der Waals surface area contributed by atoms with Gasteiger partial charge in [0.15, 0.2) is 0 Å². The van der Waals surface area contributed by atoms with Crippen LogP contribution in [-0.4, -0.2) is 28.2 Å². The lowest BCUT2D eigenvalue weighted by atomic mass is 9.90. The Hall–Kier alpha value is -0.900. The lowest BCUT2D eigenvalue weighted by Crippen LogP contribution is -2.12. The first-order chi connectivity index (χ1) is 9.16. The first-order valence-corrected chi connectivity index (χ1v) is 7.62. The highest BCUT2D eigenvalue weighted by atomic mass is 16.5. The molecule has 0 radical (unpaired) electrons. The quantitative estimate of drug-likeness (QED) is 0.715. The van der Waals surface area contributed by atoms with Crippen LogP contribution in [0.2, 0.25) is 0 Å². The van der Waals surface area contributed by atoms with Crippen molar-refractivity contribution in [2.75, 3.05) is 13.2 Å². The van der Waals surface area contributed by atoms with Crippen molar-refractivity contribution in [2.24, 2.45) is 10.8 Å². The molecule has 1 aromatic rings. The largest absolute Gasteiger partial charge is 0.380 e. The molecule has 0 aromatic carbocycles. The fourth-order valence-electron chi connectivity index (χ4n) is 1.70. The van der Waals surface area contributed by atoms with Crippen LogP contribution in [-0.2, 0) is 17.7 Å². The third kappa shape index (κ3) is 8.31. The third-order valence-corrected chi connectivity index (χ3v) is 3.18. The van der Waals surface area contributed by atoms with Crippen LogP contribution >= 0.6 is 0 Å². The van der Waals surface area contributed by atoms with Crippen LogP contribution in [0, 0.1) is 10.8 Å². The fourth-order valence-corrected chi connectivity index (χ4v) is 1.70. The van der Waals surface area contributed by atoms with E-state index in [0.29, 0.717) is 17.4 Å². The normalized spacial score (nSPS) is 12.9. The van der Waals surface area contributed by atoms with Gasteiger partial charge in [-0.25, -0.2) is 4.68 Å². The van der Waals surface area contributed by atoms with Crippen LogP contribution < -0.4 is 0 Å². The Morgan fingerprint density at radius 3 is 2.25 bits per heavy atom. The van der Waals surface area contributed by atoms with Gasteiger partial charge in [0.2, 0.25) is 0 Å². The second-order valence-electron chi connectivity index (χ2n) is 7.96. The van der Waals surface area contributed by atoms with Crippen LogP contribution in [0.25, 0.3) is 0 Å². The van der Waals surface area contributed by atoms with Crippen LogP contribution in [0.15, 0.2) is 6.20 Å². The second-order valence-corrected chi connectivity index (χ2v) is 7.96. The molecule has 1 heterocycles. The zero-order valence-electron chi connectivity index (χ0n) is 14.1. The smallest absolute Gasteiger partial charge is 0.0827 e. The monoisotopic (exact) mass is 281 g/mol. The van der Waals surface area contributed by atoms with Gasteiger partial charge in [0, 0.05) is 12.8 Å². The predicted molar refractivity (Wildman–Crippen MR) is 82.7 cm³/mol. The SMILES string of the molecule is CC(C)(C)CCOCCn1cc(CCC(C)(C)C)nn1. The van der Waals surface area contributed by atoms with Crippen molar-refractivity contribution in [3.8, 4) is 0 Å². The highest BCUT2D eigenvalue weighted by molar-refractivity contribution is 4.93. The Labute approximate surface area is 123 Å². The van der Waals surface area contributed by atoms with Crippen molar-refractivity contribution in [3.63, 3.8) is 0 Å². The molecule has 1 rings (SSSR count). The number of aromatic nitrogens is 3. The van der Waals surface area contributed by atoms with Crippen molar-refractivity contribution in [3.05, 3.63) is 11.9 Å². The van der Waals surface area contributed by atoms with E-state index in [2.05, 4.69) is 51.9 Å². The maximum absolute atomic E-state index is 5.65. The first kappa shape index (κ1) is 17.2. The lowest BCUT2D eigenvalue weighted by molar-refractivity contribution is 0.0996. The van der Waals surface area contributed by atoms with Crippen molar-refractivity contribution in [2.45, 2.75) is 67.3 Å². The van der Waals surface area contributed by atoms with Gasteiger partial charge in [-0.1, -0.05) is 46.8 Å². The highest BCUT2D eigenvalue weighted by Crippen LogP contribution is 2.20. The predicted octanol–water partition coefficient (Wildman–Crippen LogP) is 3.71. The van der Waals surface area contributed by atoms with E-state index < -0.39 is 0 Å². The number of aryl methyl sites for hydroxylation is 1. The summed E-state index contributed by atoms with van der Waals surface area (Å²) in [6.07, 6.45) is 5.25. The van der Waals surface area contributed by atoms with Gasteiger partial charge >= 0.3 is 0 Å². The zero-order valence-corrected chi connectivity index (χ0v) is 14.1. The number of hydrogen-bond acceptors (Lipinski definition) is 3. The molecule has 0 saturated carbocycles. The molecular formula is C16H31N3O. The minimum Gasteiger partial charge on any atom is -0.380 e. The Morgan fingerprint density at radius 2 is 1.65 bits per heavy atom. The molecule has 0 amide bonds. The van der Waals surface area contributed by atoms with Gasteiger partial charge in [-0.3, -0.25) is 0 Å². The molecule has 0 saturated heterocycles. The summed E-state index contributed by atoms with van der Waals surface area (Å²) in [6.45, 7) is 15.8. The third-order valence-electron chi connectivity index (χ3n) is 3.18. The maximum Gasteiger partial charge on any atom is 0.0827 e. The Bertz CT molecular complexity index is 385.